The van der Waals surface area contributed by atoms with Crippen LogP contribution in [0.15, 0.2) is 24.3 Å². The van der Waals surface area contributed by atoms with E-state index in [1.165, 1.54) is 12.1 Å². The van der Waals surface area contributed by atoms with Gasteiger partial charge in [-0.1, -0.05) is 19.1 Å². The summed E-state index contributed by atoms with van der Waals surface area (Å²) in [5.41, 5.74) is 0.342. The van der Waals surface area contributed by atoms with Gasteiger partial charge in [0.15, 0.2) is 5.78 Å². The third-order valence-electron chi connectivity index (χ3n) is 1.82. The Labute approximate surface area is 76.6 Å². The highest BCUT2D eigenvalue weighted by molar-refractivity contribution is 5.99. The van der Waals surface area contributed by atoms with Crippen LogP contribution in [0.25, 0.3) is 0 Å². The SMILES string of the molecule is CCC(O)C(=O)c1cccc(O)c1. The van der Waals surface area contributed by atoms with Gasteiger partial charge in [0.1, 0.15) is 11.9 Å². The van der Waals surface area contributed by atoms with Crippen molar-refractivity contribution < 1.29 is 15.0 Å². The molecule has 0 aliphatic carbocycles. The number of benzene rings is 1. The topological polar surface area (TPSA) is 57.5 Å². The van der Waals surface area contributed by atoms with E-state index in [1.807, 2.05) is 0 Å². The molecule has 0 bridgehead atoms. The number of hydrogen-bond donors (Lipinski definition) is 2. The van der Waals surface area contributed by atoms with Crippen molar-refractivity contribution in [2.45, 2.75) is 19.4 Å². The second kappa shape index (κ2) is 4.05. The van der Waals surface area contributed by atoms with E-state index < -0.39 is 6.10 Å². The Hall–Kier alpha value is -1.35. The molecule has 2 N–H and O–H groups in total. The van der Waals surface area contributed by atoms with Crippen LogP contribution in [-0.4, -0.2) is 22.1 Å². The summed E-state index contributed by atoms with van der Waals surface area (Å²) in [6.45, 7) is 1.73. The Morgan fingerprint density at radius 1 is 1.54 bits per heavy atom. The first-order valence-corrected chi connectivity index (χ1v) is 4.16. The number of Topliss-reactive ketones (excluding diaryl/α,β-unsaturated/α-hetero) is 1. The molecule has 13 heavy (non-hydrogen) atoms. The molecule has 0 fully saturated rings. The van der Waals surface area contributed by atoms with Crippen LogP contribution in [0.4, 0.5) is 0 Å². The molecule has 3 heteroatoms. The van der Waals surface area contributed by atoms with Crippen LogP contribution in [0.5, 0.6) is 5.75 Å². The van der Waals surface area contributed by atoms with Crippen molar-refractivity contribution in [3.63, 3.8) is 0 Å². The molecule has 1 aromatic carbocycles. The quantitative estimate of drug-likeness (QED) is 0.690. The molecule has 0 amide bonds. The highest BCUT2D eigenvalue weighted by Gasteiger charge is 2.14. The fourth-order valence-electron chi connectivity index (χ4n) is 1.04. The lowest BCUT2D eigenvalue weighted by Gasteiger charge is -2.06. The second-order valence-corrected chi connectivity index (χ2v) is 2.84. The van der Waals surface area contributed by atoms with Gasteiger partial charge in [0.2, 0.25) is 0 Å². The number of hydrogen-bond acceptors (Lipinski definition) is 3. The van der Waals surface area contributed by atoms with Gasteiger partial charge in [-0.3, -0.25) is 4.79 Å². The van der Waals surface area contributed by atoms with Gasteiger partial charge in [-0.15, -0.1) is 0 Å². The van der Waals surface area contributed by atoms with Gasteiger partial charge >= 0.3 is 0 Å². The van der Waals surface area contributed by atoms with Crippen molar-refractivity contribution in [2.75, 3.05) is 0 Å². The van der Waals surface area contributed by atoms with Gasteiger partial charge in [-0.2, -0.15) is 0 Å². The lowest BCUT2D eigenvalue weighted by atomic mass is 10.0. The molecule has 0 aliphatic rings. The number of carbonyl (C=O) groups is 1. The minimum Gasteiger partial charge on any atom is -0.508 e. The van der Waals surface area contributed by atoms with E-state index in [4.69, 9.17) is 5.11 Å². The number of carbonyl (C=O) groups excluding carboxylic acids is 1. The second-order valence-electron chi connectivity index (χ2n) is 2.84. The fourth-order valence-corrected chi connectivity index (χ4v) is 1.04. The van der Waals surface area contributed by atoms with E-state index in [0.29, 0.717) is 12.0 Å². The number of phenols is 1. The lowest BCUT2D eigenvalue weighted by Crippen LogP contribution is -2.18. The van der Waals surface area contributed by atoms with Crippen molar-refractivity contribution in [1.29, 1.82) is 0 Å². The summed E-state index contributed by atoms with van der Waals surface area (Å²) in [5, 5.41) is 18.3. The predicted octanol–water partition coefficient (Wildman–Crippen LogP) is 1.35. The number of aromatic hydroxyl groups is 1. The molecule has 1 aromatic rings. The molecule has 0 aromatic heterocycles. The van der Waals surface area contributed by atoms with Gasteiger partial charge in [0.25, 0.3) is 0 Å². The lowest BCUT2D eigenvalue weighted by molar-refractivity contribution is 0.0740. The molecule has 0 radical (unpaired) electrons. The maximum atomic E-state index is 11.4. The van der Waals surface area contributed by atoms with Crippen molar-refractivity contribution in [3.8, 4) is 5.75 Å². The van der Waals surface area contributed by atoms with Crippen molar-refractivity contribution in [2.24, 2.45) is 0 Å². The van der Waals surface area contributed by atoms with Crippen molar-refractivity contribution in [3.05, 3.63) is 29.8 Å². The first-order chi connectivity index (χ1) is 6.15. The molecule has 1 atom stereocenters. The first kappa shape index (κ1) is 9.74. The van der Waals surface area contributed by atoms with E-state index in [-0.39, 0.29) is 11.5 Å². The van der Waals surface area contributed by atoms with Gasteiger partial charge in [-0.05, 0) is 18.6 Å². The molecule has 1 rings (SSSR count). The Morgan fingerprint density at radius 2 is 2.23 bits per heavy atom. The minimum atomic E-state index is -0.971. The highest BCUT2D eigenvalue weighted by atomic mass is 16.3. The number of rotatable bonds is 3. The zero-order chi connectivity index (χ0) is 9.84. The van der Waals surface area contributed by atoms with Crippen molar-refractivity contribution in [1.82, 2.24) is 0 Å². The summed E-state index contributed by atoms with van der Waals surface area (Å²) in [4.78, 5) is 11.4. The predicted molar refractivity (Wildman–Crippen MR) is 48.7 cm³/mol. The van der Waals surface area contributed by atoms with Crippen molar-refractivity contribution >= 4 is 5.78 Å². The standard InChI is InChI=1S/C10H12O3/c1-2-9(12)10(13)7-4-3-5-8(11)6-7/h3-6,9,11-12H,2H2,1H3. The largest absolute Gasteiger partial charge is 0.508 e. The van der Waals surface area contributed by atoms with Crippen LogP contribution >= 0.6 is 0 Å². The summed E-state index contributed by atoms with van der Waals surface area (Å²) >= 11 is 0. The third-order valence-corrected chi connectivity index (χ3v) is 1.82. The summed E-state index contributed by atoms with van der Waals surface area (Å²) in [7, 11) is 0. The van der Waals surface area contributed by atoms with Gasteiger partial charge in [-0.25, -0.2) is 0 Å². The highest BCUT2D eigenvalue weighted by Crippen LogP contribution is 2.13. The molecule has 0 saturated carbocycles. The summed E-state index contributed by atoms with van der Waals surface area (Å²) in [6, 6.07) is 5.97. The molecule has 70 valence electrons. The Kier molecular flexibility index (Phi) is 3.03. The number of aliphatic hydroxyl groups is 1. The zero-order valence-corrected chi connectivity index (χ0v) is 7.40. The average molecular weight is 180 g/mol. The number of aliphatic hydroxyl groups excluding tert-OH is 1. The van der Waals surface area contributed by atoms with Crippen LogP contribution in [0.2, 0.25) is 0 Å². The molecule has 0 heterocycles. The van der Waals surface area contributed by atoms with E-state index in [1.54, 1.807) is 19.1 Å². The van der Waals surface area contributed by atoms with Gasteiger partial charge in [0.05, 0.1) is 0 Å². The smallest absolute Gasteiger partial charge is 0.191 e. The van der Waals surface area contributed by atoms with Crippen LogP contribution < -0.4 is 0 Å². The third kappa shape index (κ3) is 2.29. The van der Waals surface area contributed by atoms with Gasteiger partial charge < -0.3 is 10.2 Å². The average Bonchev–Trinajstić information content (AvgIpc) is 2.15. The van der Waals surface area contributed by atoms with E-state index in [2.05, 4.69) is 0 Å². The molecular formula is C10H12O3. The monoisotopic (exact) mass is 180 g/mol. The summed E-state index contributed by atoms with van der Waals surface area (Å²) < 4.78 is 0. The first-order valence-electron chi connectivity index (χ1n) is 4.16. The maximum Gasteiger partial charge on any atom is 0.191 e. The van der Waals surface area contributed by atoms with E-state index in [9.17, 15) is 9.90 Å². The van der Waals surface area contributed by atoms with E-state index in [0.717, 1.165) is 0 Å². The van der Waals surface area contributed by atoms with Crippen LogP contribution in [-0.2, 0) is 0 Å². The molecule has 0 saturated heterocycles. The fraction of sp³-hybridized carbons (Fsp3) is 0.300. The summed E-state index contributed by atoms with van der Waals surface area (Å²) in [5.74, 6) is -0.312. The molecule has 1 unspecified atom stereocenters. The Morgan fingerprint density at radius 3 is 2.77 bits per heavy atom. The Bertz CT molecular complexity index is 307. The van der Waals surface area contributed by atoms with Crippen LogP contribution in [0, 0.1) is 0 Å². The van der Waals surface area contributed by atoms with Crippen LogP contribution in [0.3, 0.4) is 0 Å². The van der Waals surface area contributed by atoms with Crippen LogP contribution in [0.1, 0.15) is 23.7 Å². The maximum absolute atomic E-state index is 11.4. The molecule has 0 aliphatic heterocycles. The zero-order valence-electron chi connectivity index (χ0n) is 7.40. The van der Waals surface area contributed by atoms with Gasteiger partial charge in [0, 0.05) is 5.56 Å². The molecule has 0 spiro atoms. The molecular weight excluding hydrogens is 168 g/mol. The number of ketones is 1. The summed E-state index contributed by atoms with van der Waals surface area (Å²) in [6.07, 6.45) is -0.587. The van der Waals surface area contributed by atoms with E-state index >= 15 is 0 Å². The Balaban J connectivity index is 2.89. The minimum absolute atomic E-state index is 0.0363. The number of phenolic OH excluding ortho intramolecular Hbond substituents is 1. The molecule has 3 nitrogen and oxygen atoms in total. The normalized spacial score (nSPS) is 12.5.